The number of anilines is 2. The molecule has 154 valence electrons. The topological polar surface area (TPSA) is 39.7 Å². The molecule has 3 aliphatic heterocycles. The predicted molar refractivity (Wildman–Crippen MR) is 123 cm³/mol. The zero-order valence-electron chi connectivity index (χ0n) is 16.7. The van der Waals surface area contributed by atoms with Gasteiger partial charge >= 0.3 is 0 Å². The molecule has 0 aliphatic carbocycles. The van der Waals surface area contributed by atoms with Crippen LogP contribution in [0.4, 0.5) is 11.4 Å². The van der Waals surface area contributed by atoms with E-state index in [-0.39, 0.29) is 5.91 Å². The summed E-state index contributed by atoms with van der Waals surface area (Å²) in [6.07, 6.45) is 5.40. The molecule has 0 radical (unpaired) electrons. The summed E-state index contributed by atoms with van der Waals surface area (Å²) < 4.78 is 0.647. The van der Waals surface area contributed by atoms with E-state index in [0.29, 0.717) is 21.8 Å². The Labute approximate surface area is 184 Å². The van der Waals surface area contributed by atoms with Crippen LogP contribution in [0.2, 0.25) is 4.34 Å². The van der Waals surface area contributed by atoms with Crippen LogP contribution >= 0.6 is 22.9 Å². The number of rotatable bonds is 2. The standard InChI is InChI=1S/C23H23ClN4OS/c24-22-4-3-21(30-22)23(29)28-9-6-15-12-18-17(13-20(15)28)19(5-7-25-18)27-11-10-26-8-1-2-16(26)14-27/h3-5,7,12-13,16H,1-2,6,8-11,14H2. The molecule has 7 heteroatoms. The van der Waals surface area contributed by atoms with Crippen molar-refractivity contribution in [2.75, 3.05) is 42.5 Å². The van der Waals surface area contributed by atoms with Crippen molar-refractivity contribution >= 4 is 51.1 Å². The Hall–Kier alpha value is -2.15. The molecule has 0 N–H and O–H groups in total. The number of hydrogen-bond donors (Lipinski definition) is 0. The molecule has 1 unspecified atom stereocenters. The third kappa shape index (κ3) is 3.01. The Morgan fingerprint density at radius 3 is 2.90 bits per heavy atom. The first kappa shape index (κ1) is 18.6. The van der Waals surface area contributed by atoms with Crippen molar-refractivity contribution in [3.8, 4) is 0 Å². The Balaban J connectivity index is 1.38. The second-order valence-electron chi connectivity index (χ2n) is 8.42. The SMILES string of the molecule is O=C(c1ccc(Cl)s1)N1CCc2cc3nccc(N4CCN5CCCC5C4)c3cc21. The maximum Gasteiger partial charge on any atom is 0.268 e. The van der Waals surface area contributed by atoms with Gasteiger partial charge in [0.1, 0.15) is 0 Å². The average molecular weight is 439 g/mol. The van der Waals surface area contributed by atoms with Gasteiger partial charge in [-0.2, -0.15) is 0 Å². The van der Waals surface area contributed by atoms with Gasteiger partial charge in [0, 0.05) is 55.2 Å². The highest BCUT2D eigenvalue weighted by Gasteiger charge is 2.32. The van der Waals surface area contributed by atoms with Crippen LogP contribution in [0.3, 0.4) is 0 Å². The van der Waals surface area contributed by atoms with E-state index in [9.17, 15) is 4.79 Å². The van der Waals surface area contributed by atoms with Gasteiger partial charge in [-0.05, 0) is 61.7 Å². The van der Waals surface area contributed by atoms with Crippen LogP contribution in [0.15, 0.2) is 36.5 Å². The van der Waals surface area contributed by atoms with Crippen molar-refractivity contribution in [1.29, 1.82) is 0 Å². The first-order valence-electron chi connectivity index (χ1n) is 10.7. The zero-order valence-corrected chi connectivity index (χ0v) is 18.3. The highest BCUT2D eigenvalue weighted by atomic mass is 35.5. The number of carbonyl (C=O) groups excluding carboxylic acids is 1. The van der Waals surface area contributed by atoms with Gasteiger partial charge in [-0.1, -0.05) is 11.6 Å². The van der Waals surface area contributed by atoms with Gasteiger partial charge in [0.25, 0.3) is 5.91 Å². The van der Waals surface area contributed by atoms with Crippen LogP contribution in [0.5, 0.6) is 0 Å². The second kappa shape index (κ2) is 7.22. The number of hydrogen-bond acceptors (Lipinski definition) is 5. The normalized spacial score (nSPS) is 21.3. The Kier molecular flexibility index (Phi) is 4.48. The first-order valence-corrected chi connectivity index (χ1v) is 11.8. The van der Waals surface area contributed by atoms with Crippen molar-refractivity contribution in [3.63, 3.8) is 0 Å². The minimum Gasteiger partial charge on any atom is -0.368 e. The van der Waals surface area contributed by atoms with Crippen LogP contribution in [0.1, 0.15) is 28.1 Å². The highest BCUT2D eigenvalue weighted by molar-refractivity contribution is 7.18. The summed E-state index contributed by atoms with van der Waals surface area (Å²) in [5.74, 6) is 0.0370. The molecule has 5 nitrogen and oxygen atoms in total. The molecule has 2 fully saturated rings. The van der Waals surface area contributed by atoms with E-state index >= 15 is 0 Å². The number of aromatic nitrogens is 1. The molecule has 2 aromatic heterocycles. The highest BCUT2D eigenvalue weighted by Crippen LogP contribution is 2.38. The van der Waals surface area contributed by atoms with Crippen LogP contribution in [-0.2, 0) is 6.42 Å². The van der Waals surface area contributed by atoms with E-state index in [1.165, 1.54) is 42.0 Å². The summed E-state index contributed by atoms with van der Waals surface area (Å²) >= 11 is 7.41. The third-order valence-electron chi connectivity index (χ3n) is 6.77. The lowest BCUT2D eigenvalue weighted by Gasteiger charge is -2.39. The van der Waals surface area contributed by atoms with Gasteiger partial charge in [0.05, 0.1) is 14.7 Å². The van der Waals surface area contributed by atoms with Crippen molar-refractivity contribution in [2.24, 2.45) is 0 Å². The molecule has 1 atom stereocenters. The van der Waals surface area contributed by atoms with Gasteiger partial charge in [0.2, 0.25) is 0 Å². The molecule has 3 aliphatic rings. The molecule has 0 bridgehead atoms. The van der Waals surface area contributed by atoms with Gasteiger partial charge in [-0.15, -0.1) is 11.3 Å². The van der Waals surface area contributed by atoms with E-state index in [1.54, 1.807) is 6.07 Å². The average Bonchev–Trinajstić information content (AvgIpc) is 3.50. The lowest BCUT2D eigenvalue weighted by atomic mass is 10.1. The Bertz CT molecular complexity index is 1150. The van der Waals surface area contributed by atoms with Crippen LogP contribution < -0.4 is 9.80 Å². The number of piperazine rings is 1. The minimum atomic E-state index is 0.0370. The maximum atomic E-state index is 13.1. The molecule has 3 aromatic rings. The summed E-state index contributed by atoms with van der Waals surface area (Å²) in [4.78, 5) is 25.5. The van der Waals surface area contributed by atoms with Crippen molar-refractivity contribution < 1.29 is 4.79 Å². The van der Waals surface area contributed by atoms with Crippen LogP contribution in [-0.4, -0.2) is 54.6 Å². The number of halogens is 1. The summed E-state index contributed by atoms with van der Waals surface area (Å²) in [7, 11) is 0. The summed E-state index contributed by atoms with van der Waals surface area (Å²) in [6.45, 7) is 5.20. The number of thiophene rings is 1. The molecule has 1 aromatic carbocycles. The fourth-order valence-electron chi connectivity index (χ4n) is 5.27. The summed E-state index contributed by atoms with van der Waals surface area (Å²) in [6, 6.07) is 10.8. The fraction of sp³-hybridized carbons (Fsp3) is 0.391. The van der Waals surface area contributed by atoms with E-state index < -0.39 is 0 Å². The molecule has 0 spiro atoms. The molecular formula is C23H23ClN4OS. The van der Waals surface area contributed by atoms with Crippen LogP contribution in [0, 0.1) is 0 Å². The van der Waals surface area contributed by atoms with Crippen LogP contribution in [0.25, 0.3) is 10.9 Å². The molecule has 6 rings (SSSR count). The van der Waals surface area contributed by atoms with E-state index in [2.05, 4.69) is 33.0 Å². The smallest absolute Gasteiger partial charge is 0.268 e. The van der Waals surface area contributed by atoms with E-state index in [0.717, 1.165) is 42.6 Å². The first-order chi connectivity index (χ1) is 14.7. The number of pyridine rings is 1. The monoisotopic (exact) mass is 438 g/mol. The largest absolute Gasteiger partial charge is 0.368 e. The number of nitrogens with zero attached hydrogens (tertiary/aromatic N) is 4. The molecule has 0 saturated carbocycles. The van der Waals surface area contributed by atoms with Gasteiger partial charge in [0.15, 0.2) is 0 Å². The summed E-state index contributed by atoms with van der Waals surface area (Å²) in [5, 5.41) is 1.15. The fourth-order valence-corrected chi connectivity index (χ4v) is 6.27. The van der Waals surface area contributed by atoms with Crippen molar-refractivity contribution in [2.45, 2.75) is 25.3 Å². The predicted octanol–water partition coefficient (Wildman–Crippen LogP) is 4.44. The molecule has 5 heterocycles. The molecular weight excluding hydrogens is 416 g/mol. The molecule has 2 saturated heterocycles. The zero-order chi connectivity index (χ0) is 20.2. The maximum absolute atomic E-state index is 13.1. The number of amides is 1. The molecule has 30 heavy (non-hydrogen) atoms. The Morgan fingerprint density at radius 1 is 1.10 bits per heavy atom. The van der Waals surface area contributed by atoms with Crippen molar-refractivity contribution in [3.05, 3.63) is 51.3 Å². The third-order valence-corrected chi connectivity index (χ3v) is 7.99. The lowest BCUT2D eigenvalue weighted by molar-refractivity contribution is 0.0993. The number of carbonyl (C=O) groups is 1. The second-order valence-corrected chi connectivity index (χ2v) is 10.1. The van der Waals surface area contributed by atoms with E-state index in [4.69, 9.17) is 11.6 Å². The summed E-state index contributed by atoms with van der Waals surface area (Å²) in [5.41, 5.74) is 4.48. The number of benzene rings is 1. The van der Waals surface area contributed by atoms with Gasteiger partial charge < -0.3 is 9.80 Å². The van der Waals surface area contributed by atoms with Gasteiger partial charge in [-0.25, -0.2) is 0 Å². The Morgan fingerprint density at radius 2 is 2.03 bits per heavy atom. The minimum absolute atomic E-state index is 0.0370. The number of fused-ring (bicyclic) bond motifs is 3. The molecule has 1 amide bonds. The van der Waals surface area contributed by atoms with Crippen molar-refractivity contribution in [1.82, 2.24) is 9.88 Å². The quantitative estimate of drug-likeness (QED) is 0.593. The lowest BCUT2D eigenvalue weighted by Crippen LogP contribution is -2.50. The van der Waals surface area contributed by atoms with Gasteiger partial charge in [-0.3, -0.25) is 14.7 Å². The van der Waals surface area contributed by atoms with E-state index in [1.807, 2.05) is 17.2 Å².